The highest BCUT2D eigenvalue weighted by molar-refractivity contribution is 9.10. The van der Waals surface area contributed by atoms with Crippen molar-refractivity contribution in [3.63, 3.8) is 0 Å². The van der Waals surface area contributed by atoms with Crippen LogP contribution in [-0.2, 0) is 0 Å². The second-order valence-corrected chi connectivity index (χ2v) is 3.80. The Morgan fingerprint density at radius 2 is 2.23 bits per heavy atom. The van der Waals surface area contributed by atoms with Crippen molar-refractivity contribution in [1.82, 2.24) is 0 Å². The molecule has 0 heterocycles. The third-order valence-corrected chi connectivity index (χ3v) is 2.42. The van der Waals surface area contributed by atoms with Gasteiger partial charge in [0.15, 0.2) is 0 Å². The minimum atomic E-state index is -0.288. The smallest absolute Gasteiger partial charge is 0.136 e. The van der Waals surface area contributed by atoms with Crippen LogP contribution in [0.5, 0.6) is 5.75 Å². The number of thiol groups is 1. The molecule has 0 unspecified atom stereocenters. The minimum Gasteiger partial charge on any atom is -0.492 e. The summed E-state index contributed by atoms with van der Waals surface area (Å²) < 4.78 is 18.8. The van der Waals surface area contributed by atoms with Gasteiger partial charge in [-0.15, -0.1) is 0 Å². The van der Waals surface area contributed by atoms with E-state index in [0.717, 1.165) is 16.6 Å². The summed E-state index contributed by atoms with van der Waals surface area (Å²) in [6.07, 6.45) is 0.853. The molecule has 0 radical (unpaired) electrons. The lowest BCUT2D eigenvalue weighted by atomic mass is 10.3. The fourth-order valence-electron chi connectivity index (χ4n) is 0.834. The number of benzene rings is 1. The van der Waals surface area contributed by atoms with Gasteiger partial charge in [0, 0.05) is 6.07 Å². The lowest BCUT2D eigenvalue weighted by Gasteiger charge is -2.06. The summed E-state index contributed by atoms with van der Waals surface area (Å²) in [6, 6.07) is 4.38. The number of halogens is 2. The molecule has 0 aliphatic heterocycles. The van der Waals surface area contributed by atoms with Crippen LogP contribution >= 0.6 is 28.6 Å². The fraction of sp³-hybridized carbons (Fsp3) is 0.333. The first-order valence-electron chi connectivity index (χ1n) is 3.93. The average molecular weight is 265 g/mol. The second kappa shape index (κ2) is 5.50. The van der Waals surface area contributed by atoms with Crippen LogP contribution in [0.1, 0.15) is 6.42 Å². The predicted molar refractivity (Wildman–Crippen MR) is 58.1 cm³/mol. The van der Waals surface area contributed by atoms with E-state index in [0.29, 0.717) is 12.4 Å². The summed E-state index contributed by atoms with van der Waals surface area (Å²) in [6.45, 7) is 0.561. The molecule has 4 heteroatoms. The van der Waals surface area contributed by atoms with Gasteiger partial charge in [-0.3, -0.25) is 0 Å². The highest BCUT2D eigenvalue weighted by Crippen LogP contribution is 2.25. The maximum absolute atomic E-state index is 12.7. The Morgan fingerprint density at radius 3 is 2.92 bits per heavy atom. The Balaban J connectivity index is 2.59. The van der Waals surface area contributed by atoms with Gasteiger partial charge in [-0.25, -0.2) is 4.39 Å². The highest BCUT2D eigenvalue weighted by atomic mass is 79.9. The third kappa shape index (κ3) is 3.56. The van der Waals surface area contributed by atoms with Gasteiger partial charge in [-0.1, -0.05) is 0 Å². The van der Waals surface area contributed by atoms with Crippen molar-refractivity contribution >= 4 is 28.6 Å². The van der Waals surface area contributed by atoms with Gasteiger partial charge >= 0.3 is 0 Å². The normalized spacial score (nSPS) is 10.1. The predicted octanol–water partition coefficient (Wildman–Crippen LogP) is 3.29. The van der Waals surface area contributed by atoms with Crippen molar-refractivity contribution < 1.29 is 9.13 Å². The molecule has 1 nitrogen and oxygen atoms in total. The molecule has 1 aromatic carbocycles. The van der Waals surface area contributed by atoms with E-state index >= 15 is 0 Å². The van der Waals surface area contributed by atoms with Gasteiger partial charge in [0.05, 0.1) is 11.1 Å². The Morgan fingerprint density at radius 1 is 1.46 bits per heavy atom. The molecule has 0 atom stereocenters. The molecular formula is C9H10BrFOS. The molecule has 0 saturated carbocycles. The van der Waals surface area contributed by atoms with E-state index in [-0.39, 0.29) is 5.82 Å². The minimum absolute atomic E-state index is 0.288. The zero-order valence-electron chi connectivity index (χ0n) is 6.96. The molecule has 0 aliphatic carbocycles. The molecule has 1 rings (SSSR count). The SMILES string of the molecule is Fc1ccc(Br)c(OCCCS)c1. The maximum Gasteiger partial charge on any atom is 0.136 e. The Labute approximate surface area is 90.8 Å². The van der Waals surface area contributed by atoms with Gasteiger partial charge in [-0.05, 0) is 40.2 Å². The summed E-state index contributed by atoms with van der Waals surface area (Å²) >= 11 is 7.32. The molecule has 0 spiro atoms. The molecule has 0 aromatic heterocycles. The zero-order valence-corrected chi connectivity index (χ0v) is 9.45. The summed E-state index contributed by atoms with van der Waals surface area (Å²) in [5.41, 5.74) is 0. The first kappa shape index (κ1) is 10.9. The van der Waals surface area contributed by atoms with Gasteiger partial charge in [0.25, 0.3) is 0 Å². The van der Waals surface area contributed by atoms with Crippen LogP contribution < -0.4 is 4.74 Å². The van der Waals surface area contributed by atoms with Crippen molar-refractivity contribution in [1.29, 1.82) is 0 Å². The molecule has 13 heavy (non-hydrogen) atoms. The summed E-state index contributed by atoms with van der Waals surface area (Å²) in [4.78, 5) is 0. The van der Waals surface area contributed by atoms with Crippen molar-refractivity contribution in [2.45, 2.75) is 6.42 Å². The van der Waals surface area contributed by atoms with E-state index in [4.69, 9.17) is 4.74 Å². The lowest BCUT2D eigenvalue weighted by Crippen LogP contribution is -1.98. The molecule has 0 N–H and O–H groups in total. The first-order chi connectivity index (χ1) is 6.24. The Kier molecular flexibility index (Phi) is 4.59. The molecule has 0 fully saturated rings. The van der Waals surface area contributed by atoms with E-state index in [2.05, 4.69) is 28.6 Å². The van der Waals surface area contributed by atoms with Crippen LogP contribution in [0.2, 0.25) is 0 Å². The largest absolute Gasteiger partial charge is 0.492 e. The van der Waals surface area contributed by atoms with Gasteiger partial charge in [0.2, 0.25) is 0 Å². The van der Waals surface area contributed by atoms with E-state index in [1.54, 1.807) is 6.07 Å². The molecule has 0 saturated heterocycles. The van der Waals surface area contributed by atoms with Gasteiger partial charge < -0.3 is 4.74 Å². The molecule has 0 aliphatic rings. The standard InChI is InChI=1S/C9H10BrFOS/c10-8-3-2-7(11)6-9(8)12-4-1-5-13/h2-3,6,13H,1,4-5H2. The maximum atomic E-state index is 12.7. The number of hydrogen-bond donors (Lipinski definition) is 1. The summed E-state index contributed by atoms with van der Waals surface area (Å²) in [7, 11) is 0. The topological polar surface area (TPSA) is 9.23 Å². The quantitative estimate of drug-likeness (QED) is 0.649. The van der Waals surface area contributed by atoms with E-state index in [9.17, 15) is 4.39 Å². The lowest BCUT2D eigenvalue weighted by molar-refractivity contribution is 0.315. The van der Waals surface area contributed by atoms with E-state index < -0.39 is 0 Å². The van der Waals surface area contributed by atoms with Crippen LogP contribution in [0.15, 0.2) is 22.7 Å². The van der Waals surface area contributed by atoms with Crippen LogP contribution in [0, 0.1) is 5.82 Å². The van der Waals surface area contributed by atoms with Crippen molar-refractivity contribution in [3.05, 3.63) is 28.5 Å². The average Bonchev–Trinajstić information content (AvgIpc) is 2.11. The molecule has 0 bridgehead atoms. The van der Waals surface area contributed by atoms with Crippen molar-refractivity contribution in [3.8, 4) is 5.75 Å². The molecule has 72 valence electrons. The zero-order chi connectivity index (χ0) is 9.68. The van der Waals surface area contributed by atoms with Gasteiger partial charge in [0.1, 0.15) is 11.6 Å². The molecule has 1 aromatic rings. The third-order valence-electron chi connectivity index (χ3n) is 1.45. The molecular weight excluding hydrogens is 255 g/mol. The highest BCUT2D eigenvalue weighted by Gasteiger charge is 2.01. The first-order valence-corrected chi connectivity index (χ1v) is 5.35. The monoisotopic (exact) mass is 264 g/mol. The van der Waals surface area contributed by atoms with E-state index in [1.165, 1.54) is 12.1 Å². The Bertz CT molecular complexity index is 280. The number of ether oxygens (including phenoxy) is 1. The van der Waals surface area contributed by atoms with Crippen LogP contribution in [-0.4, -0.2) is 12.4 Å². The number of rotatable bonds is 4. The van der Waals surface area contributed by atoms with Gasteiger partial charge in [-0.2, -0.15) is 12.6 Å². The van der Waals surface area contributed by atoms with Crippen molar-refractivity contribution in [2.75, 3.05) is 12.4 Å². The van der Waals surface area contributed by atoms with Crippen molar-refractivity contribution in [2.24, 2.45) is 0 Å². The molecule has 0 amide bonds. The van der Waals surface area contributed by atoms with Crippen LogP contribution in [0.3, 0.4) is 0 Å². The van der Waals surface area contributed by atoms with Crippen LogP contribution in [0.25, 0.3) is 0 Å². The summed E-state index contributed by atoms with van der Waals surface area (Å²) in [5.74, 6) is 1.03. The number of hydrogen-bond acceptors (Lipinski definition) is 2. The Hall–Kier alpha value is -0.220. The summed E-state index contributed by atoms with van der Waals surface area (Å²) in [5, 5.41) is 0. The van der Waals surface area contributed by atoms with Crippen LogP contribution in [0.4, 0.5) is 4.39 Å². The second-order valence-electron chi connectivity index (χ2n) is 2.50. The fourth-order valence-corrected chi connectivity index (χ4v) is 1.32. The van der Waals surface area contributed by atoms with E-state index in [1.807, 2.05) is 0 Å².